The van der Waals surface area contributed by atoms with E-state index in [9.17, 15) is 4.79 Å². The summed E-state index contributed by atoms with van der Waals surface area (Å²) in [5, 5.41) is 8.44. The van der Waals surface area contributed by atoms with E-state index in [1.807, 2.05) is 36.5 Å². The Morgan fingerprint density at radius 3 is 2.39 bits per heavy atom. The molecule has 6 rings (SSSR count). The topological polar surface area (TPSA) is 56.9 Å². The Morgan fingerprint density at radius 1 is 0.774 bits per heavy atom. The van der Waals surface area contributed by atoms with E-state index in [1.54, 1.807) is 0 Å². The first-order valence-corrected chi connectivity index (χ1v) is 10.8. The Hall–Kier alpha value is -3.79. The second-order valence-corrected chi connectivity index (χ2v) is 8.37. The minimum absolute atomic E-state index is 0.189. The Morgan fingerprint density at radius 2 is 1.52 bits per heavy atom. The van der Waals surface area contributed by atoms with Gasteiger partial charge in [-0.1, -0.05) is 60.7 Å². The lowest BCUT2D eigenvalue weighted by molar-refractivity contribution is -0.116. The SMILES string of the molecule is O=C1C[C@H](c2ccccc2)CC2=C1[C@@H](c1c[nH]c3ccccc13)Nc1ccccc1N2. The van der Waals surface area contributed by atoms with Crippen LogP contribution in [0.1, 0.15) is 35.9 Å². The first-order chi connectivity index (χ1) is 15.3. The standard InChI is InChI=1S/C27H23N3O/c31-25-15-18(17-8-2-1-3-9-17)14-24-26(25)27(30-23-13-7-6-12-22(23)29-24)20-16-28-21-11-5-4-10-19(20)21/h1-13,16,18,27-30H,14-15H2/t18-,27-/m1/s1. The van der Waals surface area contributed by atoms with Gasteiger partial charge < -0.3 is 15.6 Å². The molecule has 0 amide bonds. The molecule has 1 aliphatic carbocycles. The molecule has 0 unspecified atom stereocenters. The maximum atomic E-state index is 13.6. The number of Topliss-reactive ketones (excluding diaryl/α,β-unsaturated/α-hetero) is 1. The highest BCUT2D eigenvalue weighted by atomic mass is 16.1. The zero-order valence-electron chi connectivity index (χ0n) is 17.1. The summed E-state index contributed by atoms with van der Waals surface area (Å²) in [6, 6.07) is 26.6. The number of H-pyrrole nitrogens is 1. The van der Waals surface area contributed by atoms with Crippen LogP contribution in [-0.2, 0) is 4.79 Å². The van der Waals surface area contributed by atoms with Crippen molar-refractivity contribution in [2.45, 2.75) is 24.8 Å². The number of anilines is 2. The van der Waals surface area contributed by atoms with E-state index >= 15 is 0 Å². The number of allylic oxidation sites excluding steroid dienone is 1. The van der Waals surface area contributed by atoms with Crippen molar-refractivity contribution in [3.63, 3.8) is 0 Å². The highest BCUT2D eigenvalue weighted by Gasteiger charge is 2.36. The molecule has 0 saturated carbocycles. The van der Waals surface area contributed by atoms with Crippen LogP contribution in [0.2, 0.25) is 0 Å². The van der Waals surface area contributed by atoms with Crippen LogP contribution in [0.5, 0.6) is 0 Å². The number of aromatic nitrogens is 1. The second-order valence-electron chi connectivity index (χ2n) is 8.37. The molecule has 3 N–H and O–H groups in total. The summed E-state index contributed by atoms with van der Waals surface area (Å²) in [5.41, 5.74) is 7.31. The van der Waals surface area contributed by atoms with Crippen LogP contribution in [0.3, 0.4) is 0 Å². The van der Waals surface area contributed by atoms with Gasteiger partial charge in [-0.2, -0.15) is 0 Å². The minimum Gasteiger partial charge on any atom is -0.372 e. The van der Waals surface area contributed by atoms with Crippen molar-refractivity contribution in [3.8, 4) is 0 Å². The number of carbonyl (C=O) groups is 1. The molecule has 0 spiro atoms. The maximum absolute atomic E-state index is 13.6. The molecule has 4 aromatic rings. The Bertz CT molecular complexity index is 1320. The predicted molar refractivity (Wildman–Crippen MR) is 125 cm³/mol. The molecular formula is C27H23N3O. The Balaban J connectivity index is 1.51. The second kappa shape index (κ2) is 7.17. The summed E-state index contributed by atoms with van der Waals surface area (Å²) < 4.78 is 0. The van der Waals surface area contributed by atoms with Gasteiger partial charge >= 0.3 is 0 Å². The summed E-state index contributed by atoms with van der Waals surface area (Å²) in [7, 11) is 0. The van der Waals surface area contributed by atoms with E-state index in [0.717, 1.165) is 45.5 Å². The average molecular weight is 406 g/mol. The molecule has 4 heteroatoms. The lowest BCUT2D eigenvalue weighted by atomic mass is 9.78. The van der Waals surface area contributed by atoms with Gasteiger partial charge in [0, 0.05) is 40.4 Å². The van der Waals surface area contributed by atoms with Crippen molar-refractivity contribution < 1.29 is 4.79 Å². The van der Waals surface area contributed by atoms with Crippen molar-refractivity contribution in [2.24, 2.45) is 0 Å². The summed E-state index contributed by atoms with van der Waals surface area (Å²) in [6.07, 6.45) is 3.39. The maximum Gasteiger partial charge on any atom is 0.163 e. The molecule has 2 aliphatic rings. The van der Waals surface area contributed by atoms with E-state index in [0.29, 0.717) is 6.42 Å². The van der Waals surface area contributed by atoms with Gasteiger partial charge in [0.1, 0.15) is 0 Å². The number of carbonyl (C=O) groups excluding carboxylic acids is 1. The number of ketones is 1. The van der Waals surface area contributed by atoms with E-state index < -0.39 is 0 Å². The van der Waals surface area contributed by atoms with Gasteiger partial charge in [-0.15, -0.1) is 0 Å². The third kappa shape index (κ3) is 3.03. The van der Waals surface area contributed by atoms with Crippen LogP contribution in [0.25, 0.3) is 10.9 Å². The lowest BCUT2D eigenvalue weighted by Crippen LogP contribution is -2.26. The van der Waals surface area contributed by atoms with Gasteiger partial charge in [0.15, 0.2) is 5.78 Å². The van der Waals surface area contributed by atoms with Gasteiger partial charge in [0.05, 0.1) is 17.4 Å². The molecule has 0 radical (unpaired) electrons. The van der Waals surface area contributed by atoms with Gasteiger partial charge in [-0.25, -0.2) is 0 Å². The summed E-state index contributed by atoms with van der Waals surface area (Å²) in [4.78, 5) is 17.0. The smallest absolute Gasteiger partial charge is 0.163 e. The van der Waals surface area contributed by atoms with Gasteiger partial charge in [0.25, 0.3) is 0 Å². The van der Waals surface area contributed by atoms with Crippen LogP contribution in [0.15, 0.2) is 96.3 Å². The van der Waals surface area contributed by atoms with E-state index in [4.69, 9.17) is 0 Å². The van der Waals surface area contributed by atoms with Crippen molar-refractivity contribution in [1.29, 1.82) is 0 Å². The van der Waals surface area contributed by atoms with Gasteiger partial charge in [-0.3, -0.25) is 4.79 Å². The molecule has 2 atom stereocenters. The number of hydrogen-bond acceptors (Lipinski definition) is 3. The normalized spacial score (nSPS) is 20.5. The summed E-state index contributed by atoms with van der Waals surface area (Å²) in [6.45, 7) is 0. The molecule has 1 aromatic heterocycles. The molecule has 3 aromatic carbocycles. The molecule has 0 saturated heterocycles. The highest BCUT2D eigenvalue weighted by molar-refractivity contribution is 6.02. The van der Waals surface area contributed by atoms with Crippen molar-refractivity contribution in [3.05, 3.63) is 107 Å². The third-order valence-corrected chi connectivity index (χ3v) is 6.51. The van der Waals surface area contributed by atoms with Gasteiger partial charge in [-0.05, 0) is 36.1 Å². The lowest BCUT2D eigenvalue weighted by Gasteiger charge is -2.29. The summed E-state index contributed by atoms with van der Waals surface area (Å²) >= 11 is 0. The number of rotatable bonds is 2. The van der Waals surface area contributed by atoms with Crippen molar-refractivity contribution in [2.75, 3.05) is 10.6 Å². The van der Waals surface area contributed by atoms with E-state index in [1.165, 1.54) is 5.56 Å². The highest BCUT2D eigenvalue weighted by Crippen LogP contribution is 2.45. The fourth-order valence-corrected chi connectivity index (χ4v) is 5.02. The fraction of sp³-hybridized carbons (Fsp3) is 0.148. The predicted octanol–water partition coefficient (Wildman–Crippen LogP) is 6.15. The number of aromatic amines is 1. The van der Waals surface area contributed by atoms with Crippen molar-refractivity contribution in [1.82, 2.24) is 4.98 Å². The minimum atomic E-state index is -0.202. The van der Waals surface area contributed by atoms with E-state index in [-0.39, 0.29) is 17.7 Å². The molecule has 31 heavy (non-hydrogen) atoms. The Kier molecular flexibility index (Phi) is 4.17. The van der Waals surface area contributed by atoms with Crippen molar-refractivity contribution >= 4 is 28.1 Å². The number of benzene rings is 3. The molecule has 4 nitrogen and oxygen atoms in total. The number of hydrogen-bond donors (Lipinski definition) is 3. The van der Waals surface area contributed by atoms with E-state index in [2.05, 4.69) is 64.1 Å². The van der Waals surface area contributed by atoms with Crippen LogP contribution >= 0.6 is 0 Å². The Labute approximate surface area is 181 Å². The zero-order chi connectivity index (χ0) is 20.8. The first-order valence-electron chi connectivity index (χ1n) is 10.8. The summed E-state index contributed by atoms with van der Waals surface area (Å²) in [5.74, 6) is 0.395. The molecule has 152 valence electrons. The average Bonchev–Trinajstić information content (AvgIpc) is 3.15. The monoisotopic (exact) mass is 405 g/mol. The largest absolute Gasteiger partial charge is 0.372 e. The number of fused-ring (bicyclic) bond motifs is 2. The van der Waals surface area contributed by atoms with Gasteiger partial charge in [0.2, 0.25) is 0 Å². The van der Waals surface area contributed by atoms with Crippen LogP contribution in [0, 0.1) is 0 Å². The molecule has 0 bridgehead atoms. The molecular weight excluding hydrogens is 382 g/mol. The molecule has 0 fully saturated rings. The third-order valence-electron chi connectivity index (χ3n) is 6.51. The van der Waals surface area contributed by atoms with Crippen LogP contribution in [-0.4, -0.2) is 10.8 Å². The van der Waals surface area contributed by atoms with Crippen LogP contribution in [0.4, 0.5) is 11.4 Å². The quantitative estimate of drug-likeness (QED) is 0.375. The molecule has 1 aliphatic heterocycles. The number of nitrogens with one attached hydrogen (secondary N) is 3. The zero-order valence-corrected chi connectivity index (χ0v) is 17.1. The molecule has 2 heterocycles. The number of para-hydroxylation sites is 3. The fourth-order valence-electron chi connectivity index (χ4n) is 5.02. The first kappa shape index (κ1) is 18.0. The van der Waals surface area contributed by atoms with Crippen LogP contribution < -0.4 is 10.6 Å².